The number of allylic oxidation sites excluding steroid dienone is 3. The Hall–Kier alpha value is -3.60. The molecule has 1 aliphatic carbocycles. The molecule has 2 N–H and O–H groups in total. The van der Waals surface area contributed by atoms with Gasteiger partial charge in [0.1, 0.15) is 24.0 Å². The second-order valence-corrected chi connectivity index (χ2v) is 11.0. The van der Waals surface area contributed by atoms with E-state index >= 15 is 0 Å². The normalized spacial score (nSPS) is 17.3. The first-order chi connectivity index (χ1) is 18.7. The number of ketones is 1. The van der Waals surface area contributed by atoms with Crippen LogP contribution in [0.2, 0.25) is 5.02 Å². The summed E-state index contributed by atoms with van der Waals surface area (Å²) < 4.78 is 20.9. The number of carbonyl (C=O) groups is 1. The second-order valence-electron chi connectivity index (χ2n) is 9.77. The molecule has 39 heavy (non-hydrogen) atoms. The average Bonchev–Trinajstić information content (AvgIpc) is 2.91. The molecule has 0 amide bonds. The van der Waals surface area contributed by atoms with Crippen molar-refractivity contribution in [2.24, 2.45) is 5.73 Å². The van der Waals surface area contributed by atoms with Crippen molar-refractivity contribution in [3.63, 3.8) is 0 Å². The Labute approximate surface area is 240 Å². The van der Waals surface area contributed by atoms with Gasteiger partial charge >= 0.3 is 0 Å². The number of anilines is 1. The number of rotatable bonds is 5. The van der Waals surface area contributed by atoms with Gasteiger partial charge in [-0.05, 0) is 89.6 Å². The molecule has 1 atom stereocenters. The van der Waals surface area contributed by atoms with Gasteiger partial charge in [-0.3, -0.25) is 9.69 Å². The zero-order valence-corrected chi connectivity index (χ0v) is 23.9. The number of hydrogen-bond acceptors (Lipinski definition) is 5. The van der Waals surface area contributed by atoms with Gasteiger partial charge in [0.25, 0.3) is 0 Å². The maximum atomic E-state index is 14.0. The molecule has 0 bridgehead atoms. The topological polar surface area (TPSA) is 79.3 Å². The van der Waals surface area contributed by atoms with Crippen molar-refractivity contribution in [3.05, 3.63) is 115 Å². The zero-order chi connectivity index (χ0) is 27.8. The summed E-state index contributed by atoms with van der Waals surface area (Å²) in [6.07, 6.45) is 1.63. The van der Waals surface area contributed by atoms with E-state index in [-0.39, 0.29) is 22.2 Å². The van der Waals surface area contributed by atoms with Crippen LogP contribution in [0.4, 0.5) is 10.1 Å². The SMILES string of the molecule is Cc1cc(COc2ccccc2Br)c(C)c(C2C(C#N)=C(N)N(c3ccc(F)c(Cl)c3)C3=C2C(=O)CCC3)c1. The summed E-state index contributed by atoms with van der Waals surface area (Å²) in [5.41, 5.74) is 12.5. The van der Waals surface area contributed by atoms with Crippen molar-refractivity contribution in [1.82, 2.24) is 0 Å². The van der Waals surface area contributed by atoms with Crippen LogP contribution in [-0.2, 0) is 11.4 Å². The fraction of sp³-hybridized carbons (Fsp3) is 0.226. The number of nitrogens with two attached hydrogens (primary N) is 1. The Morgan fingerprint density at radius 1 is 1.18 bits per heavy atom. The first-order valence-corrected chi connectivity index (χ1v) is 13.8. The van der Waals surface area contributed by atoms with Gasteiger partial charge in [0.15, 0.2) is 5.78 Å². The Morgan fingerprint density at radius 2 is 1.95 bits per heavy atom. The van der Waals surface area contributed by atoms with Crippen molar-refractivity contribution in [2.45, 2.75) is 45.6 Å². The van der Waals surface area contributed by atoms with E-state index < -0.39 is 11.7 Å². The number of ether oxygens (including phenoxy) is 1. The standard InChI is InChI=1S/C31H26BrClFN3O2/c1-17-12-19(16-39-28-9-4-3-6-23(28)32)18(2)21(13-17)29-22(15-35)31(36)37(20-10-11-25(34)24(33)14-20)26-7-5-8-27(38)30(26)29/h3-4,6,9-14,29H,5,7-8,16,36H2,1-2H3. The first kappa shape index (κ1) is 27.0. The molecule has 0 spiro atoms. The fourth-order valence-corrected chi connectivity index (χ4v) is 6.02. The molecular formula is C31H26BrClFN3O2. The van der Waals surface area contributed by atoms with Crippen molar-refractivity contribution in [2.75, 3.05) is 4.90 Å². The van der Waals surface area contributed by atoms with Crippen LogP contribution < -0.4 is 15.4 Å². The number of halogens is 3. The van der Waals surface area contributed by atoms with Gasteiger partial charge in [0.05, 0.1) is 27.1 Å². The van der Waals surface area contributed by atoms with Gasteiger partial charge in [-0.15, -0.1) is 0 Å². The fourth-order valence-electron chi connectivity index (χ4n) is 5.45. The highest BCUT2D eigenvalue weighted by atomic mass is 79.9. The van der Waals surface area contributed by atoms with Gasteiger partial charge in [-0.2, -0.15) is 5.26 Å². The highest BCUT2D eigenvalue weighted by molar-refractivity contribution is 9.10. The molecule has 0 saturated heterocycles. The van der Waals surface area contributed by atoms with Crippen LogP contribution in [0.1, 0.15) is 47.4 Å². The van der Waals surface area contributed by atoms with Crippen LogP contribution in [0, 0.1) is 31.0 Å². The molecule has 5 nitrogen and oxygen atoms in total. The largest absolute Gasteiger partial charge is 0.488 e. The minimum Gasteiger partial charge on any atom is -0.488 e. The number of nitrogens with zero attached hydrogens (tertiary/aromatic N) is 2. The predicted octanol–water partition coefficient (Wildman–Crippen LogP) is 7.74. The highest BCUT2D eigenvalue weighted by Gasteiger charge is 2.41. The molecule has 0 saturated carbocycles. The smallest absolute Gasteiger partial charge is 0.161 e. The third-order valence-electron chi connectivity index (χ3n) is 7.31. The molecule has 0 radical (unpaired) electrons. The van der Waals surface area contributed by atoms with Gasteiger partial charge in [0, 0.05) is 23.4 Å². The van der Waals surface area contributed by atoms with Crippen molar-refractivity contribution >= 4 is 39.0 Å². The zero-order valence-electron chi connectivity index (χ0n) is 21.5. The highest BCUT2D eigenvalue weighted by Crippen LogP contribution is 2.47. The van der Waals surface area contributed by atoms with Gasteiger partial charge in [0.2, 0.25) is 0 Å². The minimum absolute atomic E-state index is 0.0216. The minimum atomic E-state index is -0.618. The van der Waals surface area contributed by atoms with Gasteiger partial charge < -0.3 is 10.5 Å². The number of Topliss-reactive ketones (excluding diaryl/α,β-unsaturated/α-hetero) is 1. The molecule has 0 fully saturated rings. The summed E-state index contributed by atoms with van der Waals surface area (Å²) in [4.78, 5) is 15.2. The summed E-state index contributed by atoms with van der Waals surface area (Å²) in [5.74, 6) is -0.260. The number of para-hydroxylation sites is 1. The monoisotopic (exact) mass is 605 g/mol. The quantitative estimate of drug-likeness (QED) is 0.321. The van der Waals surface area contributed by atoms with E-state index in [2.05, 4.69) is 28.1 Å². The van der Waals surface area contributed by atoms with E-state index in [1.807, 2.05) is 44.2 Å². The summed E-state index contributed by atoms with van der Waals surface area (Å²) >= 11 is 9.62. The Balaban J connectivity index is 1.65. The molecule has 3 aromatic rings. The van der Waals surface area contributed by atoms with E-state index in [4.69, 9.17) is 22.1 Å². The summed E-state index contributed by atoms with van der Waals surface area (Å²) in [5, 5.41) is 10.3. The number of hydrogen-bond donors (Lipinski definition) is 1. The van der Waals surface area contributed by atoms with Gasteiger partial charge in [-0.1, -0.05) is 41.4 Å². The third kappa shape index (κ3) is 4.95. The summed E-state index contributed by atoms with van der Waals surface area (Å²) in [6.45, 7) is 4.28. The molecule has 8 heteroatoms. The molecule has 3 aromatic carbocycles. The number of aryl methyl sites for hydroxylation is 1. The van der Waals surface area contributed by atoms with Crippen LogP contribution in [0.3, 0.4) is 0 Å². The van der Waals surface area contributed by atoms with Crippen LogP contribution in [0.25, 0.3) is 0 Å². The van der Waals surface area contributed by atoms with Crippen molar-refractivity contribution < 1.29 is 13.9 Å². The lowest BCUT2D eigenvalue weighted by atomic mass is 9.73. The summed E-state index contributed by atoms with van der Waals surface area (Å²) in [7, 11) is 0. The lowest BCUT2D eigenvalue weighted by Gasteiger charge is -2.40. The second kappa shape index (κ2) is 10.9. The van der Waals surface area contributed by atoms with Crippen LogP contribution >= 0.6 is 27.5 Å². The first-order valence-electron chi connectivity index (χ1n) is 12.6. The molecule has 1 heterocycles. The Morgan fingerprint density at radius 3 is 2.67 bits per heavy atom. The maximum absolute atomic E-state index is 14.0. The van der Waals surface area contributed by atoms with E-state index in [0.717, 1.165) is 38.2 Å². The maximum Gasteiger partial charge on any atom is 0.161 e. The summed E-state index contributed by atoms with van der Waals surface area (Å²) in [6, 6.07) is 18.3. The van der Waals surface area contributed by atoms with Crippen molar-refractivity contribution in [1.29, 1.82) is 5.26 Å². The van der Waals surface area contributed by atoms with Crippen molar-refractivity contribution in [3.8, 4) is 11.8 Å². The lowest BCUT2D eigenvalue weighted by Crippen LogP contribution is -2.39. The molecule has 198 valence electrons. The average molecular weight is 607 g/mol. The Bertz CT molecular complexity index is 1610. The van der Waals surface area contributed by atoms with E-state index in [1.165, 1.54) is 12.1 Å². The Kier molecular flexibility index (Phi) is 7.53. The van der Waals surface area contributed by atoms with E-state index in [0.29, 0.717) is 37.1 Å². The van der Waals surface area contributed by atoms with Crippen LogP contribution in [-0.4, -0.2) is 5.78 Å². The lowest BCUT2D eigenvalue weighted by molar-refractivity contribution is -0.116. The molecule has 1 aliphatic heterocycles. The molecule has 2 aliphatic rings. The molecule has 1 unspecified atom stereocenters. The van der Waals surface area contributed by atoms with E-state index in [9.17, 15) is 14.4 Å². The number of nitriles is 1. The van der Waals surface area contributed by atoms with E-state index in [1.54, 1.807) is 11.0 Å². The van der Waals surface area contributed by atoms with Gasteiger partial charge in [-0.25, -0.2) is 4.39 Å². The molecule has 5 rings (SSSR count). The van der Waals surface area contributed by atoms with Crippen LogP contribution in [0.15, 0.2) is 81.7 Å². The van der Waals surface area contributed by atoms with Crippen LogP contribution in [0.5, 0.6) is 5.75 Å². The molecular weight excluding hydrogens is 581 g/mol. The molecule has 0 aromatic heterocycles. The predicted molar refractivity (Wildman–Crippen MR) is 154 cm³/mol. The third-order valence-corrected chi connectivity index (χ3v) is 8.25. The number of carbonyl (C=O) groups excluding carboxylic acids is 1. The number of benzene rings is 3.